The van der Waals surface area contributed by atoms with Gasteiger partial charge in [0.25, 0.3) is 0 Å². The van der Waals surface area contributed by atoms with Gasteiger partial charge in [-0.25, -0.2) is 4.79 Å². The number of aliphatic hydroxyl groups is 1. The largest absolute Gasteiger partial charge is 0.497 e. The van der Waals surface area contributed by atoms with Crippen LogP contribution in [0, 0.1) is 5.92 Å². The van der Waals surface area contributed by atoms with Gasteiger partial charge in [-0.1, -0.05) is 55.3 Å². The van der Waals surface area contributed by atoms with E-state index in [9.17, 15) is 9.90 Å². The van der Waals surface area contributed by atoms with Crippen molar-refractivity contribution in [2.24, 2.45) is 5.92 Å². The standard InChI is InChI=1S/C23H29NO4/c1-27-19-13-11-18(12-14-19)21(20-9-5-6-10-22(20)25)15-24-23(26)28-16-17-7-3-2-4-8-17/h2-4,7-8,11-14,20-22,25H,5-6,9-10,15-16H2,1H3,(H,24,26)/t20-,21-,22?/m0/s1. The van der Waals surface area contributed by atoms with Crippen molar-refractivity contribution in [3.8, 4) is 5.75 Å². The first-order valence-corrected chi connectivity index (χ1v) is 9.94. The van der Waals surface area contributed by atoms with E-state index >= 15 is 0 Å². The molecule has 0 aromatic heterocycles. The highest BCUT2D eigenvalue weighted by atomic mass is 16.5. The number of alkyl carbamates (subject to hydrolysis) is 1. The number of hydrogen-bond donors (Lipinski definition) is 2. The molecule has 0 aliphatic heterocycles. The molecule has 5 heteroatoms. The normalized spacial score (nSPS) is 20.2. The lowest BCUT2D eigenvalue weighted by Gasteiger charge is -2.34. The van der Waals surface area contributed by atoms with Crippen molar-refractivity contribution in [3.05, 3.63) is 65.7 Å². The quantitative estimate of drug-likeness (QED) is 0.750. The monoisotopic (exact) mass is 383 g/mol. The van der Waals surface area contributed by atoms with Gasteiger partial charge in [-0.15, -0.1) is 0 Å². The fraction of sp³-hybridized carbons (Fsp3) is 0.435. The summed E-state index contributed by atoms with van der Waals surface area (Å²) in [5.74, 6) is 0.948. The van der Waals surface area contributed by atoms with Crippen LogP contribution in [0.1, 0.15) is 42.7 Å². The minimum atomic E-state index is -0.437. The Kier molecular flexibility index (Phi) is 7.31. The smallest absolute Gasteiger partial charge is 0.407 e. The molecule has 1 fully saturated rings. The average molecular weight is 383 g/mol. The van der Waals surface area contributed by atoms with E-state index in [1.165, 1.54) is 0 Å². The number of methoxy groups -OCH3 is 1. The topological polar surface area (TPSA) is 67.8 Å². The molecule has 2 N–H and O–H groups in total. The van der Waals surface area contributed by atoms with Gasteiger partial charge in [-0.2, -0.15) is 0 Å². The number of aliphatic hydroxyl groups excluding tert-OH is 1. The Hall–Kier alpha value is -2.53. The molecule has 2 aromatic carbocycles. The van der Waals surface area contributed by atoms with Crippen molar-refractivity contribution in [1.29, 1.82) is 0 Å². The minimum absolute atomic E-state index is 0.0329. The second-order valence-corrected chi connectivity index (χ2v) is 7.34. The van der Waals surface area contributed by atoms with Crippen LogP contribution in [0.3, 0.4) is 0 Å². The van der Waals surface area contributed by atoms with Gasteiger partial charge in [0, 0.05) is 12.5 Å². The van der Waals surface area contributed by atoms with Gasteiger partial charge in [-0.05, 0) is 42.0 Å². The van der Waals surface area contributed by atoms with Crippen LogP contribution in [0.25, 0.3) is 0 Å². The van der Waals surface area contributed by atoms with Crippen LogP contribution in [-0.2, 0) is 11.3 Å². The van der Waals surface area contributed by atoms with Gasteiger partial charge in [0.15, 0.2) is 0 Å². The first kappa shape index (κ1) is 20.2. The van der Waals surface area contributed by atoms with Gasteiger partial charge in [0.1, 0.15) is 12.4 Å². The highest BCUT2D eigenvalue weighted by Gasteiger charge is 2.32. The molecule has 0 heterocycles. The molecule has 1 unspecified atom stereocenters. The van der Waals surface area contributed by atoms with Crippen LogP contribution in [0.15, 0.2) is 54.6 Å². The molecule has 0 radical (unpaired) electrons. The molecule has 2 aromatic rings. The molecular formula is C23H29NO4. The van der Waals surface area contributed by atoms with E-state index in [2.05, 4.69) is 5.32 Å². The average Bonchev–Trinajstić information content (AvgIpc) is 2.74. The fourth-order valence-electron chi connectivity index (χ4n) is 3.94. The Bertz CT molecular complexity index is 732. The molecule has 1 amide bonds. The summed E-state index contributed by atoms with van der Waals surface area (Å²) >= 11 is 0. The zero-order chi connectivity index (χ0) is 19.8. The van der Waals surface area contributed by atoms with Gasteiger partial charge < -0.3 is 19.9 Å². The summed E-state index contributed by atoms with van der Waals surface area (Å²) in [7, 11) is 1.64. The maximum absolute atomic E-state index is 12.2. The third-order valence-corrected chi connectivity index (χ3v) is 5.52. The summed E-state index contributed by atoms with van der Waals surface area (Å²) in [5.41, 5.74) is 2.04. The van der Waals surface area contributed by atoms with Crippen molar-refractivity contribution in [2.75, 3.05) is 13.7 Å². The third-order valence-electron chi connectivity index (χ3n) is 5.52. The molecule has 0 spiro atoms. The predicted molar refractivity (Wildman–Crippen MR) is 108 cm³/mol. The molecule has 150 valence electrons. The van der Waals surface area contributed by atoms with Gasteiger partial charge >= 0.3 is 6.09 Å². The number of benzene rings is 2. The molecule has 1 saturated carbocycles. The van der Waals surface area contributed by atoms with Crippen molar-refractivity contribution in [3.63, 3.8) is 0 Å². The molecule has 3 atom stereocenters. The molecular weight excluding hydrogens is 354 g/mol. The lowest BCUT2D eigenvalue weighted by atomic mass is 9.75. The minimum Gasteiger partial charge on any atom is -0.497 e. The lowest BCUT2D eigenvalue weighted by Crippen LogP contribution is -2.37. The molecule has 5 nitrogen and oxygen atoms in total. The van der Waals surface area contributed by atoms with Crippen LogP contribution in [0.4, 0.5) is 4.79 Å². The summed E-state index contributed by atoms with van der Waals surface area (Å²) in [5, 5.41) is 13.4. The number of hydrogen-bond acceptors (Lipinski definition) is 4. The molecule has 0 saturated heterocycles. The first-order valence-electron chi connectivity index (χ1n) is 9.94. The third kappa shape index (κ3) is 5.49. The zero-order valence-electron chi connectivity index (χ0n) is 16.3. The number of nitrogens with one attached hydrogen (secondary N) is 1. The Morgan fingerprint density at radius 1 is 1.11 bits per heavy atom. The second kappa shape index (κ2) is 10.1. The van der Waals surface area contributed by atoms with Crippen molar-refractivity contribution in [2.45, 2.75) is 44.3 Å². The van der Waals surface area contributed by atoms with Crippen LogP contribution < -0.4 is 10.1 Å². The highest BCUT2D eigenvalue weighted by molar-refractivity contribution is 5.67. The lowest BCUT2D eigenvalue weighted by molar-refractivity contribution is 0.0537. The molecule has 1 aliphatic rings. The zero-order valence-corrected chi connectivity index (χ0v) is 16.3. The Labute approximate surface area is 166 Å². The van der Waals surface area contributed by atoms with E-state index < -0.39 is 6.09 Å². The Morgan fingerprint density at radius 2 is 1.82 bits per heavy atom. The van der Waals surface area contributed by atoms with Gasteiger partial charge in [-0.3, -0.25) is 0 Å². The van der Waals surface area contributed by atoms with Crippen LogP contribution in [-0.4, -0.2) is 31.0 Å². The van der Waals surface area contributed by atoms with Crippen molar-refractivity contribution >= 4 is 6.09 Å². The van der Waals surface area contributed by atoms with Crippen LogP contribution in [0.2, 0.25) is 0 Å². The predicted octanol–water partition coefficient (Wildman–Crippen LogP) is 4.26. The van der Waals surface area contributed by atoms with E-state index in [0.29, 0.717) is 6.54 Å². The van der Waals surface area contributed by atoms with E-state index in [0.717, 1.165) is 42.6 Å². The molecule has 1 aliphatic carbocycles. The highest BCUT2D eigenvalue weighted by Crippen LogP contribution is 2.36. The summed E-state index contributed by atoms with van der Waals surface area (Å²) < 4.78 is 10.6. The SMILES string of the molecule is COc1ccc([C@H](CNC(=O)OCc2ccccc2)[C@@H]2CCCCC2O)cc1. The summed E-state index contributed by atoms with van der Waals surface area (Å²) in [4.78, 5) is 12.2. The molecule has 3 rings (SSSR count). The summed E-state index contributed by atoms with van der Waals surface area (Å²) in [6.45, 7) is 0.674. The molecule has 28 heavy (non-hydrogen) atoms. The summed E-state index contributed by atoms with van der Waals surface area (Å²) in [6, 6.07) is 17.5. The first-order chi connectivity index (χ1) is 13.7. The number of carbonyl (C=O) groups excluding carboxylic acids is 1. The van der Waals surface area contributed by atoms with Crippen molar-refractivity contribution < 1.29 is 19.4 Å². The van der Waals surface area contributed by atoms with E-state index in [1.54, 1.807) is 7.11 Å². The number of amides is 1. The number of carbonyl (C=O) groups is 1. The second-order valence-electron chi connectivity index (χ2n) is 7.34. The number of ether oxygens (including phenoxy) is 2. The van der Waals surface area contributed by atoms with Gasteiger partial charge in [0.2, 0.25) is 0 Å². The van der Waals surface area contributed by atoms with E-state index in [1.807, 2.05) is 54.6 Å². The summed E-state index contributed by atoms with van der Waals surface area (Å²) in [6.07, 6.45) is 3.15. The number of rotatable bonds is 7. The fourth-order valence-corrected chi connectivity index (χ4v) is 3.94. The van der Waals surface area contributed by atoms with Crippen LogP contribution >= 0.6 is 0 Å². The Balaban J connectivity index is 1.63. The van der Waals surface area contributed by atoms with Gasteiger partial charge in [0.05, 0.1) is 13.2 Å². The van der Waals surface area contributed by atoms with E-state index in [4.69, 9.17) is 9.47 Å². The maximum Gasteiger partial charge on any atom is 0.407 e. The van der Waals surface area contributed by atoms with Crippen LogP contribution in [0.5, 0.6) is 5.75 Å². The van der Waals surface area contributed by atoms with Crippen molar-refractivity contribution in [1.82, 2.24) is 5.32 Å². The molecule has 0 bridgehead atoms. The maximum atomic E-state index is 12.2. The Morgan fingerprint density at radius 3 is 2.50 bits per heavy atom. The van der Waals surface area contributed by atoms with E-state index in [-0.39, 0.29) is 24.5 Å².